The van der Waals surface area contributed by atoms with Crippen molar-refractivity contribution in [1.29, 1.82) is 0 Å². The molecule has 1 aliphatic heterocycles. The van der Waals surface area contributed by atoms with E-state index in [1.807, 2.05) is 0 Å². The molecule has 0 aliphatic carbocycles. The Kier molecular flexibility index (Phi) is 6.52. The Hall–Kier alpha value is -0.580. The van der Waals surface area contributed by atoms with Crippen LogP contribution in [0.25, 0.3) is 0 Å². The first-order valence-corrected chi connectivity index (χ1v) is 8.83. The third kappa shape index (κ3) is 4.44. The van der Waals surface area contributed by atoms with Gasteiger partial charge in [-0.3, -0.25) is 0 Å². The molecule has 3 nitrogen and oxygen atoms in total. The van der Waals surface area contributed by atoms with E-state index >= 15 is 0 Å². The lowest BCUT2D eigenvalue weighted by Gasteiger charge is -2.26. The van der Waals surface area contributed by atoms with Crippen molar-refractivity contribution >= 4 is 21.6 Å². The van der Waals surface area contributed by atoms with Gasteiger partial charge >= 0.3 is 0 Å². The van der Waals surface area contributed by atoms with Gasteiger partial charge < -0.3 is 15.3 Å². The van der Waals surface area contributed by atoms with Crippen molar-refractivity contribution in [2.24, 2.45) is 5.92 Å². The summed E-state index contributed by atoms with van der Waals surface area (Å²) in [5.74, 6) is 0.626. The zero-order chi connectivity index (χ0) is 15.2. The number of aliphatic hydroxyl groups excluding tert-OH is 1. The second kappa shape index (κ2) is 8.16. The Labute approximate surface area is 136 Å². The normalized spacial score (nSPS) is 20.0. The number of anilines is 1. The van der Waals surface area contributed by atoms with Crippen molar-refractivity contribution in [3.8, 4) is 0 Å². The summed E-state index contributed by atoms with van der Waals surface area (Å²) in [5, 5.41) is 12.7. The predicted octanol–water partition coefficient (Wildman–Crippen LogP) is 3.72. The molecule has 2 N–H and O–H groups in total. The minimum Gasteiger partial charge on any atom is -0.396 e. The number of hydrogen-bond donors (Lipinski definition) is 2. The van der Waals surface area contributed by atoms with Crippen LogP contribution in [0.15, 0.2) is 22.7 Å². The molecule has 4 heteroatoms. The first kappa shape index (κ1) is 16.8. The largest absolute Gasteiger partial charge is 0.396 e. The maximum atomic E-state index is 9.13. The Morgan fingerprint density at radius 2 is 2.29 bits per heavy atom. The van der Waals surface area contributed by atoms with Gasteiger partial charge in [-0.15, -0.1) is 0 Å². The highest BCUT2D eigenvalue weighted by molar-refractivity contribution is 9.10. The lowest BCUT2D eigenvalue weighted by molar-refractivity contribution is 0.263. The monoisotopic (exact) mass is 354 g/mol. The van der Waals surface area contributed by atoms with Gasteiger partial charge in [-0.1, -0.05) is 28.9 Å². The van der Waals surface area contributed by atoms with Crippen molar-refractivity contribution in [2.45, 2.75) is 39.2 Å². The molecule has 2 atom stereocenters. The Morgan fingerprint density at radius 1 is 1.48 bits per heavy atom. The fourth-order valence-electron chi connectivity index (χ4n) is 3.10. The first-order valence-electron chi connectivity index (χ1n) is 8.04. The van der Waals surface area contributed by atoms with Crippen LogP contribution >= 0.6 is 15.9 Å². The summed E-state index contributed by atoms with van der Waals surface area (Å²) in [6.07, 6.45) is 3.26. The lowest BCUT2D eigenvalue weighted by Crippen LogP contribution is -2.25. The molecule has 0 amide bonds. The molecule has 0 bridgehead atoms. The second-order valence-corrected chi connectivity index (χ2v) is 6.91. The summed E-state index contributed by atoms with van der Waals surface area (Å²) < 4.78 is 1.13. The maximum Gasteiger partial charge on any atom is 0.0434 e. The number of nitrogens with zero attached hydrogens (tertiary/aromatic N) is 1. The lowest BCUT2D eigenvalue weighted by atomic mass is 10.0. The topological polar surface area (TPSA) is 35.5 Å². The zero-order valence-corrected chi connectivity index (χ0v) is 14.7. The van der Waals surface area contributed by atoms with Crippen molar-refractivity contribution in [3.05, 3.63) is 28.2 Å². The maximum absolute atomic E-state index is 9.13. The molecule has 118 valence electrons. The summed E-state index contributed by atoms with van der Waals surface area (Å²) in [4.78, 5) is 2.48. The van der Waals surface area contributed by atoms with Gasteiger partial charge in [0.15, 0.2) is 0 Å². The molecule has 2 rings (SSSR count). The molecule has 1 aliphatic rings. The number of nitrogens with one attached hydrogen (secondary N) is 1. The fraction of sp³-hybridized carbons (Fsp3) is 0.647. The number of aliphatic hydroxyl groups is 1. The molecular weight excluding hydrogens is 328 g/mol. The molecule has 2 unspecified atom stereocenters. The third-order valence-corrected chi connectivity index (χ3v) is 4.82. The van der Waals surface area contributed by atoms with Crippen LogP contribution < -0.4 is 10.2 Å². The second-order valence-electron chi connectivity index (χ2n) is 5.99. The van der Waals surface area contributed by atoms with Gasteiger partial charge in [0.05, 0.1) is 0 Å². The molecule has 0 saturated carbocycles. The summed E-state index contributed by atoms with van der Waals surface area (Å²) in [7, 11) is 0. The SMILES string of the molecule is CCCNC(C)c1ccc(Br)cc1N1CCC(CCO)C1. The molecule has 0 radical (unpaired) electrons. The van der Waals surface area contributed by atoms with Gasteiger partial charge in [0.2, 0.25) is 0 Å². The van der Waals surface area contributed by atoms with Gasteiger partial charge in [-0.2, -0.15) is 0 Å². The molecule has 0 aromatic heterocycles. The summed E-state index contributed by atoms with van der Waals surface area (Å²) in [6, 6.07) is 6.96. The number of benzene rings is 1. The summed E-state index contributed by atoms with van der Waals surface area (Å²) >= 11 is 3.60. The van der Waals surface area contributed by atoms with Gasteiger partial charge in [0.1, 0.15) is 0 Å². The highest BCUT2D eigenvalue weighted by Crippen LogP contribution is 2.33. The summed E-state index contributed by atoms with van der Waals surface area (Å²) in [6.45, 7) is 7.94. The van der Waals surface area contributed by atoms with E-state index in [9.17, 15) is 0 Å². The van der Waals surface area contributed by atoms with E-state index in [4.69, 9.17) is 5.11 Å². The van der Waals surface area contributed by atoms with Crippen LogP contribution in [0.5, 0.6) is 0 Å². The van der Waals surface area contributed by atoms with Crippen LogP contribution in [0.2, 0.25) is 0 Å². The van der Waals surface area contributed by atoms with Crippen LogP contribution in [-0.2, 0) is 0 Å². The van der Waals surface area contributed by atoms with Crippen LogP contribution in [0.1, 0.15) is 44.7 Å². The van der Waals surface area contributed by atoms with Gasteiger partial charge in [0, 0.05) is 35.9 Å². The molecule has 1 fully saturated rings. The molecule has 21 heavy (non-hydrogen) atoms. The Bertz CT molecular complexity index is 452. The van der Waals surface area contributed by atoms with Crippen molar-refractivity contribution < 1.29 is 5.11 Å². The average molecular weight is 355 g/mol. The molecular formula is C17H27BrN2O. The molecule has 0 spiro atoms. The molecule has 1 aromatic rings. The highest BCUT2D eigenvalue weighted by Gasteiger charge is 2.25. The molecule has 1 saturated heterocycles. The van der Waals surface area contributed by atoms with E-state index in [1.54, 1.807) is 0 Å². The average Bonchev–Trinajstić information content (AvgIpc) is 2.93. The smallest absolute Gasteiger partial charge is 0.0434 e. The van der Waals surface area contributed by atoms with E-state index in [0.29, 0.717) is 18.6 Å². The van der Waals surface area contributed by atoms with Gasteiger partial charge in [0.25, 0.3) is 0 Å². The van der Waals surface area contributed by atoms with Crippen LogP contribution in [0.4, 0.5) is 5.69 Å². The number of halogens is 1. The van der Waals surface area contributed by atoms with Gasteiger partial charge in [-0.05, 0) is 56.3 Å². The van der Waals surface area contributed by atoms with E-state index in [2.05, 4.69) is 58.2 Å². The van der Waals surface area contributed by atoms with Crippen LogP contribution in [-0.4, -0.2) is 31.3 Å². The number of rotatable bonds is 7. The fourth-order valence-corrected chi connectivity index (χ4v) is 3.45. The van der Waals surface area contributed by atoms with E-state index in [1.165, 1.54) is 17.7 Å². The van der Waals surface area contributed by atoms with E-state index in [-0.39, 0.29) is 0 Å². The van der Waals surface area contributed by atoms with E-state index in [0.717, 1.165) is 36.9 Å². The predicted molar refractivity (Wildman–Crippen MR) is 92.9 cm³/mol. The zero-order valence-electron chi connectivity index (χ0n) is 13.1. The molecule has 1 aromatic carbocycles. The standard InChI is InChI=1S/C17H27BrN2O/c1-3-8-19-13(2)16-5-4-15(18)11-17(16)20-9-6-14(12-20)7-10-21/h4-5,11,13-14,19,21H,3,6-10,12H2,1-2H3. The minimum absolute atomic E-state index is 0.304. The van der Waals surface area contributed by atoms with Crippen molar-refractivity contribution in [2.75, 3.05) is 31.1 Å². The van der Waals surface area contributed by atoms with Gasteiger partial charge in [-0.25, -0.2) is 0 Å². The quantitative estimate of drug-likeness (QED) is 0.783. The number of hydrogen-bond acceptors (Lipinski definition) is 3. The van der Waals surface area contributed by atoms with Crippen LogP contribution in [0, 0.1) is 5.92 Å². The van der Waals surface area contributed by atoms with E-state index < -0.39 is 0 Å². The molecule has 1 heterocycles. The first-order chi connectivity index (χ1) is 10.2. The summed E-state index contributed by atoms with van der Waals surface area (Å²) in [5.41, 5.74) is 2.71. The highest BCUT2D eigenvalue weighted by atomic mass is 79.9. The third-order valence-electron chi connectivity index (χ3n) is 4.32. The van der Waals surface area contributed by atoms with Crippen molar-refractivity contribution in [3.63, 3.8) is 0 Å². The van der Waals surface area contributed by atoms with Crippen LogP contribution in [0.3, 0.4) is 0 Å². The Balaban J connectivity index is 2.15. The van der Waals surface area contributed by atoms with Crippen molar-refractivity contribution in [1.82, 2.24) is 5.32 Å². The minimum atomic E-state index is 0.304. The Morgan fingerprint density at radius 3 is 3.00 bits per heavy atom.